The lowest BCUT2D eigenvalue weighted by Crippen LogP contribution is -2.38. The molecule has 0 aromatic carbocycles. The Morgan fingerprint density at radius 1 is 1.24 bits per heavy atom. The fraction of sp³-hybridized carbons (Fsp3) is 0.474. The highest BCUT2D eigenvalue weighted by Crippen LogP contribution is 2.26. The molecule has 1 aliphatic rings. The maximum absolute atomic E-state index is 12.4. The first-order valence-corrected chi connectivity index (χ1v) is 10.9. The van der Waals surface area contributed by atoms with Gasteiger partial charge in [-0.05, 0) is 18.1 Å². The summed E-state index contributed by atoms with van der Waals surface area (Å²) < 4.78 is 9.07. The second kappa shape index (κ2) is 8.73. The third-order valence-corrected chi connectivity index (χ3v) is 5.79. The lowest BCUT2D eigenvalue weighted by Gasteiger charge is -2.28. The average molecular weight is 435 g/mol. The molecule has 4 rings (SSSR count). The van der Waals surface area contributed by atoms with Crippen LogP contribution in [0.15, 0.2) is 34.3 Å². The van der Waals surface area contributed by atoms with Crippen LogP contribution in [0.25, 0.3) is 5.65 Å². The lowest BCUT2D eigenvalue weighted by atomic mass is 10.2. The van der Waals surface area contributed by atoms with Gasteiger partial charge >= 0.3 is 0 Å². The Hall–Kier alpha value is -2.10. The van der Waals surface area contributed by atoms with Crippen molar-refractivity contribution in [3.63, 3.8) is 0 Å². The van der Waals surface area contributed by atoms with E-state index in [9.17, 15) is 4.79 Å². The van der Waals surface area contributed by atoms with E-state index in [1.54, 1.807) is 36.2 Å². The minimum absolute atomic E-state index is 0.147. The molecule has 0 aliphatic carbocycles. The largest absolute Gasteiger partial charge is 0.378 e. The van der Waals surface area contributed by atoms with E-state index in [0.717, 1.165) is 30.7 Å². The molecule has 8 nitrogen and oxygen atoms in total. The number of hydrogen-bond acceptors (Lipinski definition) is 7. The van der Waals surface area contributed by atoms with E-state index in [4.69, 9.17) is 16.3 Å². The average Bonchev–Trinajstić information content (AvgIpc) is 3.09. The van der Waals surface area contributed by atoms with E-state index in [-0.39, 0.29) is 5.56 Å². The summed E-state index contributed by atoms with van der Waals surface area (Å²) in [7, 11) is 0. The van der Waals surface area contributed by atoms with E-state index >= 15 is 0 Å². The van der Waals surface area contributed by atoms with E-state index in [1.807, 2.05) is 0 Å². The monoisotopic (exact) mass is 434 g/mol. The number of fused-ring (bicyclic) bond motifs is 1. The standard InChI is InChI=1S/C19H23ClN6O2S/c1-13(2)10-26-18(24-5-7-28-8-6-24)22-23-19(26)29-12-15-9-17(27)25-11-14(20)3-4-16(25)21-15/h3-4,9,11,13H,5-8,10,12H2,1-2H3. The van der Waals surface area contributed by atoms with E-state index < -0.39 is 0 Å². The number of halogens is 1. The minimum Gasteiger partial charge on any atom is -0.378 e. The van der Waals surface area contributed by atoms with Gasteiger partial charge in [-0.1, -0.05) is 37.2 Å². The van der Waals surface area contributed by atoms with Crippen LogP contribution in [0.2, 0.25) is 5.02 Å². The van der Waals surface area contributed by atoms with Crippen LogP contribution in [0, 0.1) is 5.92 Å². The van der Waals surface area contributed by atoms with Crippen LogP contribution in [0.3, 0.4) is 0 Å². The zero-order valence-electron chi connectivity index (χ0n) is 16.4. The zero-order valence-corrected chi connectivity index (χ0v) is 18.0. The molecular weight excluding hydrogens is 412 g/mol. The van der Waals surface area contributed by atoms with Crippen LogP contribution in [0.1, 0.15) is 19.5 Å². The number of rotatable bonds is 6. The van der Waals surface area contributed by atoms with Crippen molar-refractivity contribution in [2.24, 2.45) is 5.92 Å². The summed E-state index contributed by atoms with van der Waals surface area (Å²) >= 11 is 7.52. The molecule has 0 atom stereocenters. The normalized spacial score (nSPS) is 14.8. The molecular formula is C19H23ClN6O2S. The molecule has 3 aromatic heterocycles. The third kappa shape index (κ3) is 4.57. The second-order valence-electron chi connectivity index (χ2n) is 7.34. The predicted octanol–water partition coefficient (Wildman–Crippen LogP) is 2.72. The molecule has 1 saturated heterocycles. The molecule has 154 valence electrons. The smallest absolute Gasteiger partial charge is 0.258 e. The molecule has 0 bridgehead atoms. The predicted molar refractivity (Wildman–Crippen MR) is 114 cm³/mol. The van der Waals surface area contributed by atoms with Gasteiger partial charge in [0.05, 0.1) is 23.9 Å². The van der Waals surface area contributed by atoms with Crippen molar-refractivity contribution in [3.05, 3.63) is 45.5 Å². The van der Waals surface area contributed by atoms with E-state index in [2.05, 4.69) is 38.5 Å². The van der Waals surface area contributed by atoms with E-state index in [0.29, 0.717) is 41.2 Å². The highest BCUT2D eigenvalue weighted by Gasteiger charge is 2.21. The van der Waals surface area contributed by atoms with Crippen LogP contribution >= 0.6 is 23.4 Å². The summed E-state index contributed by atoms with van der Waals surface area (Å²) in [6.45, 7) is 8.20. The fourth-order valence-corrected chi connectivity index (χ4v) is 4.24. The molecule has 4 heterocycles. The quantitative estimate of drug-likeness (QED) is 0.552. The molecule has 0 radical (unpaired) electrons. The Labute approximate surface area is 177 Å². The van der Waals surface area contributed by atoms with Crippen molar-refractivity contribution in [1.82, 2.24) is 24.1 Å². The first-order valence-electron chi connectivity index (χ1n) is 9.58. The molecule has 3 aromatic rings. The Balaban J connectivity index is 1.57. The number of pyridine rings is 1. The van der Waals surface area contributed by atoms with Gasteiger partial charge < -0.3 is 9.64 Å². The lowest BCUT2D eigenvalue weighted by molar-refractivity contribution is 0.121. The highest BCUT2D eigenvalue weighted by molar-refractivity contribution is 7.98. The van der Waals surface area contributed by atoms with Crippen LogP contribution in [0.5, 0.6) is 0 Å². The number of nitrogens with zero attached hydrogens (tertiary/aromatic N) is 6. The molecule has 1 fully saturated rings. The Bertz CT molecular complexity index is 1060. The van der Waals surface area contributed by atoms with Gasteiger partial charge in [0.2, 0.25) is 5.95 Å². The van der Waals surface area contributed by atoms with Crippen LogP contribution < -0.4 is 10.5 Å². The Kier molecular flexibility index (Phi) is 6.07. The number of anilines is 1. The van der Waals surface area contributed by atoms with Gasteiger partial charge in [-0.25, -0.2) is 4.98 Å². The van der Waals surface area contributed by atoms with Gasteiger partial charge in [-0.2, -0.15) is 0 Å². The third-order valence-electron chi connectivity index (χ3n) is 4.56. The number of aromatic nitrogens is 5. The minimum atomic E-state index is -0.147. The second-order valence-corrected chi connectivity index (χ2v) is 8.72. The number of hydrogen-bond donors (Lipinski definition) is 0. The van der Waals surface area contributed by atoms with Crippen molar-refractivity contribution < 1.29 is 4.74 Å². The highest BCUT2D eigenvalue weighted by atomic mass is 35.5. The molecule has 0 amide bonds. The fourth-order valence-electron chi connectivity index (χ4n) is 3.25. The van der Waals surface area contributed by atoms with Crippen LogP contribution in [-0.2, 0) is 17.0 Å². The van der Waals surface area contributed by atoms with Crippen molar-refractivity contribution in [1.29, 1.82) is 0 Å². The zero-order chi connectivity index (χ0) is 20.4. The van der Waals surface area contributed by atoms with Crippen molar-refractivity contribution in [3.8, 4) is 0 Å². The van der Waals surface area contributed by atoms with Crippen molar-refractivity contribution in [2.75, 3.05) is 31.2 Å². The van der Waals surface area contributed by atoms with Gasteiger partial charge in [-0.3, -0.25) is 13.8 Å². The van der Waals surface area contributed by atoms with Gasteiger partial charge in [0.25, 0.3) is 5.56 Å². The van der Waals surface area contributed by atoms with Gasteiger partial charge in [0.15, 0.2) is 5.16 Å². The summed E-state index contributed by atoms with van der Waals surface area (Å²) in [6, 6.07) is 5.02. The molecule has 1 aliphatic heterocycles. The number of ether oxygens (including phenoxy) is 1. The Morgan fingerprint density at radius 3 is 2.79 bits per heavy atom. The van der Waals surface area contributed by atoms with Crippen LogP contribution in [-0.4, -0.2) is 50.5 Å². The maximum Gasteiger partial charge on any atom is 0.258 e. The molecule has 0 saturated carbocycles. The summed E-state index contributed by atoms with van der Waals surface area (Å²) in [4.78, 5) is 19.2. The van der Waals surface area contributed by atoms with Crippen molar-refractivity contribution in [2.45, 2.75) is 31.3 Å². The molecule has 0 N–H and O–H groups in total. The topological polar surface area (TPSA) is 77.5 Å². The number of morpholine rings is 1. The Morgan fingerprint density at radius 2 is 2.03 bits per heavy atom. The molecule has 0 unspecified atom stereocenters. The van der Waals surface area contributed by atoms with Gasteiger partial charge in [0.1, 0.15) is 5.65 Å². The SMILES string of the molecule is CC(C)Cn1c(SCc2cc(=O)n3cc(Cl)ccc3n2)nnc1N1CCOCC1. The maximum atomic E-state index is 12.4. The van der Waals surface area contributed by atoms with Gasteiger partial charge in [-0.15, -0.1) is 10.2 Å². The van der Waals surface area contributed by atoms with Crippen molar-refractivity contribution >= 4 is 35.0 Å². The van der Waals surface area contributed by atoms with E-state index in [1.165, 1.54) is 4.40 Å². The summed E-state index contributed by atoms with van der Waals surface area (Å²) in [5.41, 5.74) is 1.13. The molecule has 0 spiro atoms. The molecule has 10 heteroatoms. The van der Waals surface area contributed by atoms with Crippen LogP contribution in [0.4, 0.5) is 5.95 Å². The first-order chi connectivity index (χ1) is 14.0. The van der Waals surface area contributed by atoms with Gasteiger partial charge in [0, 0.05) is 37.7 Å². The molecule has 29 heavy (non-hydrogen) atoms. The summed E-state index contributed by atoms with van der Waals surface area (Å²) in [5.74, 6) is 1.87. The number of thioether (sulfide) groups is 1. The summed E-state index contributed by atoms with van der Waals surface area (Å²) in [5, 5.41) is 10.2. The summed E-state index contributed by atoms with van der Waals surface area (Å²) in [6.07, 6.45) is 1.58. The first kappa shape index (κ1) is 20.2.